The summed E-state index contributed by atoms with van der Waals surface area (Å²) in [4.78, 5) is 149. The van der Waals surface area contributed by atoms with Crippen molar-refractivity contribution in [3.05, 3.63) is 71.6 Å². The van der Waals surface area contributed by atoms with Gasteiger partial charge in [-0.2, -0.15) is 0 Å². The maximum Gasteiger partial charge on any atom is 0.472 e. The number of phosphoric ester groups is 1. The van der Waals surface area contributed by atoms with Crippen LogP contribution in [0.5, 0.6) is 5.75 Å². The molecule has 5 aliphatic heterocycles. The molecule has 1 aromatic carbocycles. The number of fused-ring (bicyclic) bond motifs is 4. The van der Waals surface area contributed by atoms with E-state index in [1.165, 1.54) is 30.4 Å². The normalized spacial score (nSPS) is 28.8. The molecule has 0 saturated carbocycles. The molecule has 0 bridgehead atoms. The third kappa shape index (κ3) is 17.2. The molecule has 9 heterocycles. The number of nitrogen functional groups attached to an aromatic ring is 1. The van der Waals surface area contributed by atoms with Gasteiger partial charge in [-0.3, -0.25) is 70.5 Å². The van der Waals surface area contributed by atoms with E-state index in [1.807, 2.05) is 0 Å². The van der Waals surface area contributed by atoms with Gasteiger partial charge in [0, 0.05) is 70.5 Å². The van der Waals surface area contributed by atoms with Crippen LogP contribution in [-0.2, 0) is 104 Å². The lowest BCUT2D eigenvalue weighted by molar-refractivity contribution is -0.282. The van der Waals surface area contributed by atoms with Gasteiger partial charge in [0.1, 0.15) is 29.8 Å². The predicted molar refractivity (Wildman–Crippen MR) is 329 cm³/mol. The number of benzene rings is 1. The number of carbonyl (C=O) groups is 8. The number of nitrogens with two attached hydrogens (primary N) is 1. The van der Waals surface area contributed by atoms with E-state index in [0.29, 0.717) is 43.5 Å². The number of imide groups is 1. The molecule has 10 rings (SSSR count). The zero-order valence-corrected chi connectivity index (χ0v) is 55.3. The molecule has 41 heteroatoms. The van der Waals surface area contributed by atoms with E-state index < -0.39 is 155 Å². The van der Waals surface area contributed by atoms with Crippen molar-refractivity contribution in [3.63, 3.8) is 0 Å². The highest BCUT2D eigenvalue weighted by Crippen LogP contribution is 2.65. The monoisotopic (exact) mass is 1440 g/mol. The number of unbranched alkanes of at least 4 members (excludes halogenated alkanes) is 4. The number of methoxy groups -OCH3 is 1. The number of carbonyl (C=O) groups excluding carboxylic acids is 8. The maximum atomic E-state index is 17.4. The minimum Gasteiger partial charge on any atom is -0.467 e. The Hall–Kier alpha value is -8.23. The Morgan fingerprint density at radius 3 is 2.09 bits per heavy atom. The van der Waals surface area contributed by atoms with Crippen molar-refractivity contribution in [1.29, 1.82) is 0 Å². The fraction of sp³-hybridized carbons (Fsp3) is 0.544. The number of hydrogen-bond donors (Lipinski definition) is 5. The third-order valence-corrected chi connectivity index (χ3v) is 20.5. The molecule has 4 saturated heterocycles. The topological polar surface area (TPSA) is 462 Å². The molecule has 0 radical (unpaired) electrons. The Kier molecular flexibility index (Phi) is 23.5. The molecule has 5 aromatic rings. The largest absolute Gasteiger partial charge is 0.472 e. The van der Waals surface area contributed by atoms with Crippen LogP contribution < -0.4 is 26.7 Å². The lowest BCUT2D eigenvalue weighted by atomic mass is 9.97. The SMILES string of the molecule is COC(=O)C1OC(Oc2ccc(CSP3(=O)OC[C@H]4O[C@@H](n5cnc6c(=O)[nH]cnc65)[C@H](F)[C@@H]4COP(=O)(O)OC[C@H]4O[C@@H](n5cnc6c(N)ncnc65)[C@H](F)[C@@H]4O3)cc2NC(=O)CCCCCNC(=O)CCCCCN2C(=O)C=CC2=O)C(OC(C)=O)C(OC(C)=O)C1OC(C)=O. The molecule has 6 N–H and O–H groups in total. The Labute approximate surface area is 557 Å². The van der Waals surface area contributed by atoms with Crippen molar-refractivity contribution in [1.82, 2.24) is 49.3 Å². The molecule has 4 aromatic heterocycles. The quantitative estimate of drug-likeness (QED) is 0.0194. The van der Waals surface area contributed by atoms with Gasteiger partial charge in [0.25, 0.3) is 17.4 Å². The van der Waals surface area contributed by atoms with E-state index in [0.717, 1.165) is 67.2 Å². The van der Waals surface area contributed by atoms with Gasteiger partial charge in [-0.05, 0) is 54.8 Å². The Morgan fingerprint density at radius 2 is 1.38 bits per heavy atom. The molecule has 5 aliphatic rings. The predicted octanol–water partition coefficient (Wildman–Crippen LogP) is 3.39. The van der Waals surface area contributed by atoms with E-state index in [-0.39, 0.29) is 95.2 Å². The number of amides is 4. The summed E-state index contributed by atoms with van der Waals surface area (Å²) in [6.07, 6.45) is -12.7. The summed E-state index contributed by atoms with van der Waals surface area (Å²) in [6.45, 7) is -4.25. The number of rotatable bonds is 24. The van der Waals surface area contributed by atoms with Crippen LogP contribution in [0.1, 0.15) is 90.2 Å². The number of aromatic nitrogens is 8. The maximum absolute atomic E-state index is 17.4. The first-order valence-electron chi connectivity index (χ1n) is 30.6. The van der Waals surface area contributed by atoms with Crippen LogP contribution in [0.25, 0.3) is 22.3 Å². The number of alkyl halides is 2. The molecule has 7 unspecified atom stereocenters. The number of nitrogens with one attached hydrogen (secondary N) is 3. The summed E-state index contributed by atoms with van der Waals surface area (Å²) in [6, 6.07) is 3.98. The number of aromatic amines is 1. The average molecular weight is 1440 g/mol. The number of H-pyrrole nitrogens is 1. The van der Waals surface area contributed by atoms with E-state index in [9.17, 15) is 52.6 Å². The van der Waals surface area contributed by atoms with Crippen molar-refractivity contribution in [2.24, 2.45) is 5.92 Å². The number of hydrogen-bond acceptors (Lipinski definition) is 30. The van der Waals surface area contributed by atoms with Crippen molar-refractivity contribution in [3.8, 4) is 5.75 Å². The third-order valence-electron chi connectivity index (χ3n) is 15.9. The first-order chi connectivity index (χ1) is 46.8. The second-order valence-corrected chi connectivity index (χ2v) is 28.2. The van der Waals surface area contributed by atoms with Crippen LogP contribution in [0, 0.1) is 5.92 Å². The zero-order valence-electron chi connectivity index (χ0n) is 52.7. The number of ether oxygens (including phenoxy) is 8. The van der Waals surface area contributed by atoms with Crippen molar-refractivity contribution in [2.45, 2.75) is 152 Å². The number of halogens is 2. The van der Waals surface area contributed by atoms with E-state index >= 15 is 13.3 Å². The summed E-state index contributed by atoms with van der Waals surface area (Å²) >= 11 is 0.438. The minimum atomic E-state index is -5.21. The molecule has 0 spiro atoms. The second kappa shape index (κ2) is 31.7. The van der Waals surface area contributed by atoms with Crippen molar-refractivity contribution in [2.75, 3.05) is 51.1 Å². The number of imidazole rings is 2. The Morgan fingerprint density at radius 1 is 0.745 bits per heavy atom. The molecule has 530 valence electrons. The van der Waals surface area contributed by atoms with Crippen LogP contribution in [0.3, 0.4) is 0 Å². The van der Waals surface area contributed by atoms with Gasteiger partial charge in [-0.1, -0.05) is 18.9 Å². The molecular weight excluding hydrogens is 1370 g/mol. The fourth-order valence-electron chi connectivity index (χ4n) is 11.3. The summed E-state index contributed by atoms with van der Waals surface area (Å²) in [5.41, 5.74) is 5.08. The van der Waals surface area contributed by atoms with E-state index in [4.69, 9.17) is 61.7 Å². The van der Waals surface area contributed by atoms with Crippen LogP contribution in [0.15, 0.2) is 60.5 Å². The summed E-state index contributed by atoms with van der Waals surface area (Å²) in [5, 5.41) is 5.58. The second-order valence-electron chi connectivity index (χ2n) is 22.8. The first kappa shape index (κ1) is 72.5. The Balaban J connectivity index is 0.919. The van der Waals surface area contributed by atoms with Gasteiger partial charge in [0.2, 0.25) is 24.2 Å². The average Bonchev–Trinajstić information content (AvgIpc) is 1.56. The van der Waals surface area contributed by atoms with Gasteiger partial charge in [-0.15, -0.1) is 0 Å². The lowest BCUT2D eigenvalue weighted by Crippen LogP contribution is -2.64. The molecule has 36 nitrogen and oxygen atoms in total. The number of esters is 4. The highest BCUT2D eigenvalue weighted by molar-refractivity contribution is 8.54. The Bertz CT molecular complexity index is 4000. The molecule has 98 heavy (non-hydrogen) atoms. The summed E-state index contributed by atoms with van der Waals surface area (Å²) in [5.74, 6) is -8.00. The van der Waals surface area contributed by atoms with Crippen molar-refractivity contribution >= 4 is 107 Å². The molecule has 4 fully saturated rings. The number of anilines is 2. The minimum absolute atomic E-state index is 0.0183. The molecular formula is C57H68F2N12O24P2S. The fourth-order valence-corrected chi connectivity index (χ4v) is 15.4. The van der Waals surface area contributed by atoms with Crippen LogP contribution in [0.2, 0.25) is 0 Å². The van der Waals surface area contributed by atoms with E-state index in [1.54, 1.807) is 0 Å². The van der Waals surface area contributed by atoms with E-state index in [2.05, 4.69) is 40.5 Å². The van der Waals surface area contributed by atoms with Gasteiger partial charge < -0.3 is 64.1 Å². The molecule has 0 aliphatic carbocycles. The van der Waals surface area contributed by atoms with Crippen LogP contribution >= 0.6 is 26.0 Å². The van der Waals surface area contributed by atoms with Gasteiger partial charge in [0.05, 0.1) is 57.7 Å². The zero-order chi connectivity index (χ0) is 70.2. The summed E-state index contributed by atoms with van der Waals surface area (Å²) in [7, 11) is -4.23. The van der Waals surface area contributed by atoms with Gasteiger partial charge in [-0.25, -0.2) is 47.6 Å². The highest BCUT2D eigenvalue weighted by Gasteiger charge is 2.57. The molecule has 15 atom stereocenters. The lowest BCUT2D eigenvalue weighted by Gasteiger charge is -2.43. The standard InChI is InChI=1S/C57H68F2N12O24P2S/c1-28(72)88-46-47(89-29(2)73)49(90-30(3)74)57(94-48(46)56(80)84-4)93-34-14-13-31(19-33(34)68-38(76)12-7-5-9-17-61-37(75)11-8-6-10-18-69-39(77)15-16-40(69)78)23-98-97(83)87-21-35-32(41(58)54(91-35)71-27-67-44-52(71)64-25-65-53(44)79)20-85-96(81,82)86-22-36-45(95-97)42(59)55(92-36)70-26-66-43-50(60)62-24-63-51(43)70/h13-16,19,24-27,32,35-36,41-42,45-49,54-55,57H,5-12,17-18,20-23H2,1-4H3,(H,61,75)(H,68,76)(H,81,82)(H2,60,62,63)(H,64,65,79)/t32-,35-,36-,41-,42-,45-,46?,47?,48?,49?,54-,55-,57?,97?/m1/s1. The van der Waals surface area contributed by atoms with Crippen LogP contribution in [-0.4, -0.2) is 198 Å². The first-order valence-corrected chi connectivity index (χ1v) is 35.2. The highest BCUT2D eigenvalue weighted by atomic mass is 32.7. The van der Waals surface area contributed by atoms with Crippen molar-refractivity contribution < 1.29 is 117 Å². The van der Waals surface area contributed by atoms with Gasteiger partial charge >= 0.3 is 38.5 Å². The van der Waals surface area contributed by atoms with Gasteiger partial charge in [0.15, 0.2) is 65.7 Å². The number of phosphoric acid groups is 1. The number of nitrogens with zero attached hydrogens (tertiary/aromatic N) is 8. The smallest absolute Gasteiger partial charge is 0.467 e. The molecule has 4 amide bonds. The summed E-state index contributed by atoms with van der Waals surface area (Å²) < 4.78 is 135. The van der Waals surface area contributed by atoms with Crippen LogP contribution in [0.4, 0.5) is 20.3 Å².